The van der Waals surface area contributed by atoms with Crippen LogP contribution in [0.4, 0.5) is 11.5 Å². The molecule has 0 radical (unpaired) electrons. The third kappa shape index (κ3) is 5.54. The zero-order valence-corrected chi connectivity index (χ0v) is 19.1. The van der Waals surface area contributed by atoms with Gasteiger partial charge in [0.05, 0.1) is 12.2 Å². The van der Waals surface area contributed by atoms with E-state index in [1.54, 1.807) is 31.3 Å². The molecule has 2 aromatic rings. The number of nitrogens with one attached hydrogen (secondary N) is 1. The van der Waals surface area contributed by atoms with Crippen LogP contribution in [0.5, 0.6) is 5.75 Å². The number of carbonyl (C=O) groups excluding carboxylic acids is 1. The highest BCUT2D eigenvalue weighted by Gasteiger charge is 2.23. The molecule has 3 rings (SSSR count). The number of hydrogen-bond acceptors (Lipinski definition) is 6. The molecule has 168 valence electrons. The van der Waals surface area contributed by atoms with Crippen LogP contribution in [-0.4, -0.2) is 57.4 Å². The Morgan fingerprint density at radius 3 is 2.42 bits per heavy atom. The highest BCUT2D eigenvalue weighted by molar-refractivity contribution is 7.89. The molecular weight excluding hydrogens is 416 g/mol. The Hall–Kier alpha value is -2.65. The molecule has 0 aliphatic carbocycles. The summed E-state index contributed by atoms with van der Waals surface area (Å²) in [4.78, 5) is 19.4. The van der Waals surface area contributed by atoms with Crippen LogP contribution in [-0.2, 0) is 10.0 Å². The maximum absolute atomic E-state index is 12.7. The summed E-state index contributed by atoms with van der Waals surface area (Å²) in [6.07, 6.45) is 6.34. The van der Waals surface area contributed by atoms with Crippen molar-refractivity contribution in [3.05, 3.63) is 42.1 Å². The van der Waals surface area contributed by atoms with E-state index in [1.807, 2.05) is 6.07 Å². The minimum Gasteiger partial charge on any atom is -0.492 e. The highest BCUT2D eigenvalue weighted by Crippen LogP contribution is 2.29. The quantitative estimate of drug-likeness (QED) is 0.701. The number of pyridine rings is 1. The predicted molar refractivity (Wildman–Crippen MR) is 121 cm³/mol. The number of hydrogen-bond donors (Lipinski definition) is 1. The van der Waals surface area contributed by atoms with Crippen molar-refractivity contribution in [2.45, 2.75) is 37.5 Å². The zero-order valence-electron chi connectivity index (χ0n) is 18.3. The number of ether oxygens (including phenoxy) is 1. The van der Waals surface area contributed by atoms with Gasteiger partial charge in [0.25, 0.3) is 5.91 Å². The smallest absolute Gasteiger partial charge is 0.257 e. The molecular formula is C22H30N4O4S. The second kappa shape index (κ2) is 10.1. The average Bonchev–Trinajstić information content (AvgIpc) is 3.04. The van der Waals surface area contributed by atoms with Crippen LogP contribution in [0.25, 0.3) is 0 Å². The number of sulfonamides is 1. The number of aromatic nitrogens is 1. The van der Waals surface area contributed by atoms with E-state index in [-0.39, 0.29) is 16.6 Å². The molecule has 31 heavy (non-hydrogen) atoms. The molecule has 1 saturated heterocycles. The zero-order chi connectivity index (χ0) is 22.4. The summed E-state index contributed by atoms with van der Waals surface area (Å²) in [6.45, 7) is 4.07. The molecule has 8 nitrogen and oxygen atoms in total. The summed E-state index contributed by atoms with van der Waals surface area (Å²) in [5.74, 6) is 0.767. The molecule has 0 atom stereocenters. The first-order valence-corrected chi connectivity index (χ1v) is 12.0. The monoisotopic (exact) mass is 446 g/mol. The van der Waals surface area contributed by atoms with Gasteiger partial charge in [-0.25, -0.2) is 17.7 Å². The molecule has 1 aliphatic heterocycles. The molecule has 0 bridgehead atoms. The lowest BCUT2D eigenvalue weighted by molar-refractivity contribution is 0.102. The molecule has 0 spiro atoms. The molecule has 1 aromatic heterocycles. The molecule has 0 unspecified atom stereocenters. The van der Waals surface area contributed by atoms with Crippen LogP contribution < -0.4 is 15.0 Å². The van der Waals surface area contributed by atoms with Gasteiger partial charge in [0.15, 0.2) is 0 Å². The van der Waals surface area contributed by atoms with Gasteiger partial charge in [0.2, 0.25) is 10.0 Å². The average molecular weight is 447 g/mol. The second-order valence-corrected chi connectivity index (χ2v) is 9.76. The van der Waals surface area contributed by atoms with E-state index >= 15 is 0 Å². The molecule has 1 aliphatic rings. The lowest BCUT2D eigenvalue weighted by atomic mass is 10.2. The van der Waals surface area contributed by atoms with E-state index < -0.39 is 10.0 Å². The van der Waals surface area contributed by atoms with Gasteiger partial charge < -0.3 is 15.0 Å². The third-order valence-electron chi connectivity index (χ3n) is 5.20. The minimum absolute atomic E-state index is 0.00628. The summed E-state index contributed by atoms with van der Waals surface area (Å²) in [6, 6.07) is 8.19. The fourth-order valence-corrected chi connectivity index (χ4v) is 4.52. The first-order valence-electron chi connectivity index (χ1n) is 10.5. The topological polar surface area (TPSA) is 91.8 Å². The summed E-state index contributed by atoms with van der Waals surface area (Å²) >= 11 is 0. The Kier molecular flexibility index (Phi) is 7.50. The molecule has 9 heteroatoms. The van der Waals surface area contributed by atoms with E-state index in [1.165, 1.54) is 33.0 Å². The predicted octanol–water partition coefficient (Wildman–Crippen LogP) is 3.36. The maximum Gasteiger partial charge on any atom is 0.257 e. The summed E-state index contributed by atoms with van der Waals surface area (Å²) < 4.78 is 31.9. The Labute approximate surface area is 184 Å². The fourth-order valence-electron chi connectivity index (χ4n) is 3.47. The van der Waals surface area contributed by atoms with Crippen molar-refractivity contribution in [2.24, 2.45) is 0 Å². The summed E-state index contributed by atoms with van der Waals surface area (Å²) in [7, 11) is -0.830. The van der Waals surface area contributed by atoms with E-state index in [4.69, 9.17) is 4.74 Å². The molecule has 1 aromatic carbocycles. The van der Waals surface area contributed by atoms with Crippen molar-refractivity contribution >= 4 is 27.4 Å². The van der Waals surface area contributed by atoms with Gasteiger partial charge in [-0.1, -0.05) is 12.8 Å². The van der Waals surface area contributed by atoms with E-state index in [9.17, 15) is 13.2 Å². The molecule has 1 fully saturated rings. The fraction of sp³-hybridized carbons (Fsp3) is 0.455. The van der Waals surface area contributed by atoms with Crippen LogP contribution in [0.2, 0.25) is 0 Å². The van der Waals surface area contributed by atoms with Gasteiger partial charge in [-0.05, 0) is 50.1 Å². The number of amides is 1. The lowest BCUT2D eigenvalue weighted by Crippen LogP contribution is -2.25. The maximum atomic E-state index is 12.7. The van der Waals surface area contributed by atoms with Crippen molar-refractivity contribution in [2.75, 3.05) is 44.0 Å². The van der Waals surface area contributed by atoms with E-state index in [0.29, 0.717) is 17.9 Å². The van der Waals surface area contributed by atoms with Gasteiger partial charge in [0.1, 0.15) is 16.5 Å². The highest BCUT2D eigenvalue weighted by atomic mass is 32.2. The first-order chi connectivity index (χ1) is 14.8. The number of carbonyl (C=O) groups is 1. The van der Waals surface area contributed by atoms with Crippen molar-refractivity contribution in [3.8, 4) is 5.75 Å². The van der Waals surface area contributed by atoms with Gasteiger partial charge in [-0.3, -0.25) is 4.79 Å². The van der Waals surface area contributed by atoms with Crippen molar-refractivity contribution in [1.29, 1.82) is 0 Å². The Morgan fingerprint density at radius 1 is 1.13 bits per heavy atom. The summed E-state index contributed by atoms with van der Waals surface area (Å²) in [5, 5.41) is 2.76. The van der Waals surface area contributed by atoms with Gasteiger partial charge >= 0.3 is 0 Å². The normalized spacial score (nSPS) is 14.9. The molecule has 2 heterocycles. The van der Waals surface area contributed by atoms with Crippen LogP contribution in [0.15, 0.2) is 41.4 Å². The first kappa shape index (κ1) is 23.0. The molecule has 1 amide bonds. The van der Waals surface area contributed by atoms with Crippen LogP contribution in [0.3, 0.4) is 0 Å². The number of anilines is 2. The van der Waals surface area contributed by atoms with Gasteiger partial charge in [0, 0.05) is 39.1 Å². The second-order valence-electron chi connectivity index (χ2n) is 7.64. The number of rotatable bonds is 7. The number of nitrogens with zero attached hydrogens (tertiary/aromatic N) is 3. The Bertz CT molecular complexity index is 999. The molecule has 1 N–H and O–H groups in total. The van der Waals surface area contributed by atoms with Crippen LogP contribution >= 0.6 is 0 Å². The van der Waals surface area contributed by atoms with E-state index in [2.05, 4.69) is 15.2 Å². The van der Waals surface area contributed by atoms with Crippen molar-refractivity contribution in [1.82, 2.24) is 9.29 Å². The third-order valence-corrected chi connectivity index (χ3v) is 7.04. The largest absolute Gasteiger partial charge is 0.492 e. The van der Waals surface area contributed by atoms with Crippen molar-refractivity contribution < 1.29 is 17.9 Å². The van der Waals surface area contributed by atoms with Gasteiger partial charge in [-0.15, -0.1) is 0 Å². The van der Waals surface area contributed by atoms with Crippen LogP contribution in [0.1, 0.15) is 43.0 Å². The van der Waals surface area contributed by atoms with Gasteiger partial charge in [-0.2, -0.15) is 0 Å². The van der Waals surface area contributed by atoms with Crippen molar-refractivity contribution in [3.63, 3.8) is 0 Å². The Balaban J connectivity index is 1.78. The SMILES string of the molecule is CCOc1ccc(NC(=O)c2ccc(N3CCCCCC3)nc2)cc1S(=O)(=O)N(C)C. The lowest BCUT2D eigenvalue weighted by Gasteiger charge is -2.21. The summed E-state index contributed by atoms with van der Waals surface area (Å²) in [5.41, 5.74) is 0.773. The van der Waals surface area contributed by atoms with Crippen LogP contribution in [0, 0.1) is 0 Å². The minimum atomic E-state index is -3.73. The molecule has 0 saturated carbocycles. The Morgan fingerprint density at radius 2 is 1.84 bits per heavy atom. The number of benzene rings is 1. The van der Waals surface area contributed by atoms with E-state index in [0.717, 1.165) is 36.1 Å². The standard InChI is InChI=1S/C22H30N4O4S/c1-4-30-19-11-10-18(15-20(19)31(28,29)25(2)3)24-22(27)17-9-12-21(23-16-17)26-13-7-5-6-8-14-26/h9-12,15-16H,4-8,13-14H2,1-3H3,(H,24,27).